The summed E-state index contributed by atoms with van der Waals surface area (Å²) in [5.74, 6) is 0. The minimum absolute atomic E-state index is 0.288. The summed E-state index contributed by atoms with van der Waals surface area (Å²) >= 11 is 0. The van der Waals surface area contributed by atoms with Crippen LogP contribution in [-0.2, 0) is 0 Å². The van der Waals surface area contributed by atoms with E-state index in [0.29, 0.717) is 6.04 Å². The molecule has 1 saturated heterocycles. The van der Waals surface area contributed by atoms with Gasteiger partial charge in [-0.2, -0.15) is 0 Å². The first-order valence-electron chi connectivity index (χ1n) is 7.55. The molecule has 0 spiro atoms. The normalized spacial score (nSPS) is 25.0. The van der Waals surface area contributed by atoms with Crippen molar-refractivity contribution < 1.29 is 0 Å². The van der Waals surface area contributed by atoms with Crippen LogP contribution in [0, 0.1) is 0 Å². The van der Waals surface area contributed by atoms with Crippen LogP contribution in [0.1, 0.15) is 66.2 Å². The average molecular weight is 255 g/mol. The predicted molar refractivity (Wildman–Crippen MR) is 79.6 cm³/mol. The Labute approximate surface area is 113 Å². The molecule has 1 unspecified atom stereocenters. The molecule has 1 rings (SSSR count). The molecule has 0 aromatic heterocycles. The topological polar surface area (TPSA) is 55.3 Å². The van der Waals surface area contributed by atoms with Crippen LogP contribution in [0.25, 0.3) is 0 Å². The molecule has 0 aliphatic carbocycles. The van der Waals surface area contributed by atoms with Gasteiger partial charge in [0.15, 0.2) is 0 Å². The molecule has 1 heterocycles. The van der Waals surface area contributed by atoms with Gasteiger partial charge in [0.25, 0.3) is 0 Å². The van der Waals surface area contributed by atoms with Gasteiger partial charge in [0.1, 0.15) is 0 Å². The van der Waals surface area contributed by atoms with Crippen molar-refractivity contribution in [1.29, 1.82) is 0 Å². The number of hydrogen-bond acceptors (Lipinski definition) is 3. The summed E-state index contributed by atoms with van der Waals surface area (Å²) in [6, 6.07) is 0.587. The molecule has 0 aromatic carbocycles. The third kappa shape index (κ3) is 3.69. The first-order valence-corrected chi connectivity index (χ1v) is 7.55. The van der Waals surface area contributed by atoms with Crippen molar-refractivity contribution >= 4 is 0 Å². The second-order valence-corrected chi connectivity index (χ2v) is 7.01. The zero-order valence-corrected chi connectivity index (χ0v) is 12.8. The number of rotatable bonds is 6. The molecule has 18 heavy (non-hydrogen) atoms. The fourth-order valence-electron chi connectivity index (χ4n) is 3.95. The van der Waals surface area contributed by atoms with Crippen LogP contribution < -0.4 is 11.5 Å². The molecule has 108 valence electrons. The maximum Gasteiger partial charge on any atom is 0.0161 e. The average Bonchev–Trinajstić information content (AvgIpc) is 2.23. The lowest BCUT2D eigenvalue weighted by Crippen LogP contribution is -2.62. The Bertz CT molecular complexity index is 232. The maximum absolute atomic E-state index is 5.83. The Balaban J connectivity index is 2.88. The highest BCUT2D eigenvalue weighted by Crippen LogP contribution is 2.41. The van der Waals surface area contributed by atoms with Gasteiger partial charge in [-0.3, -0.25) is 4.90 Å². The van der Waals surface area contributed by atoms with Gasteiger partial charge in [0.2, 0.25) is 0 Å². The zero-order valence-electron chi connectivity index (χ0n) is 12.8. The van der Waals surface area contributed by atoms with Gasteiger partial charge in [-0.15, -0.1) is 0 Å². The monoisotopic (exact) mass is 255 g/mol. The van der Waals surface area contributed by atoms with Crippen LogP contribution in [0.3, 0.4) is 0 Å². The van der Waals surface area contributed by atoms with Crippen LogP contribution in [0.4, 0.5) is 0 Å². The molecule has 0 aromatic rings. The summed E-state index contributed by atoms with van der Waals surface area (Å²) in [5, 5.41) is 0. The van der Waals surface area contributed by atoms with Crippen molar-refractivity contribution in [2.45, 2.75) is 83.3 Å². The number of hydrogen-bond donors (Lipinski definition) is 2. The highest BCUT2D eigenvalue weighted by Gasteiger charge is 2.44. The summed E-state index contributed by atoms with van der Waals surface area (Å²) in [6.07, 6.45) is 7.30. The van der Waals surface area contributed by atoms with E-state index in [0.717, 1.165) is 25.9 Å². The number of nitrogens with zero attached hydrogens (tertiary/aromatic N) is 1. The minimum Gasteiger partial charge on any atom is -0.330 e. The zero-order chi connectivity index (χ0) is 13.8. The van der Waals surface area contributed by atoms with Crippen molar-refractivity contribution in [1.82, 2.24) is 4.90 Å². The Kier molecular flexibility index (Phi) is 5.63. The first-order chi connectivity index (χ1) is 8.35. The molecule has 3 nitrogen and oxygen atoms in total. The Morgan fingerprint density at radius 1 is 0.944 bits per heavy atom. The van der Waals surface area contributed by atoms with E-state index in [2.05, 4.69) is 32.6 Å². The van der Waals surface area contributed by atoms with Crippen LogP contribution in [0.2, 0.25) is 0 Å². The highest BCUT2D eigenvalue weighted by molar-refractivity contribution is 5.00. The third-order valence-electron chi connectivity index (χ3n) is 4.49. The van der Waals surface area contributed by atoms with Gasteiger partial charge in [0.05, 0.1) is 0 Å². The molecule has 0 bridgehead atoms. The molecule has 1 atom stereocenters. The molecule has 0 radical (unpaired) electrons. The van der Waals surface area contributed by atoms with Gasteiger partial charge < -0.3 is 11.5 Å². The number of likely N-dealkylation sites (tertiary alicyclic amines) is 1. The molecule has 0 saturated carbocycles. The van der Waals surface area contributed by atoms with Gasteiger partial charge in [-0.1, -0.05) is 0 Å². The lowest BCUT2D eigenvalue weighted by atomic mass is 9.77. The summed E-state index contributed by atoms with van der Waals surface area (Å²) < 4.78 is 0. The largest absolute Gasteiger partial charge is 0.330 e. The number of nitrogens with two attached hydrogens (primary N) is 2. The highest BCUT2D eigenvalue weighted by atomic mass is 15.3. The molecule has 1 fully saturated rings. The molecule has 1 aliphatic heterocycles. The van der Waals surface area contributed by atoms with E-state index in [1.165, 1.54) is 25.7 Å². The fourth-order valence-corrected chi connectivity index (χ4v) is 3.95. The number of piperidine rings is 1. The van der Waals surface area contributed by atoms with Crippen molar-refractivity contribution in [2.75, 3.05) is 13.1 Å². The second kappa shape index (κ2) is 6.36. The molecule has 4 N–H and O–H groups in total. The van der Waals surface area contributed by atoms with Crippen LogP contribution >= 0.6 is 0 Å². The van der Waals surface area contributed by atoms with E-state index >= 15 is 0 Å². The van der Waals surface area contributed by atoms with E-state index in [1.54, 1.807) is 0 Å². The lowest BCUT2D eigenvalue weighted by molar-refractivity contribution is -0.0654. The van der Waals surface area contributed by atoms with Gasteiger partial charge in [-0.25, -0.2) is 0 Å². The van der Waals surface area contributed by atoms with E-state index < -0.39 is 0 Å². The maximum atomic E-state index is 5.83. The lowest BCUT2D eigenvalue weighted by Gasteiger charge is -2.56. The van der Waals surface area contributed by atoms with Crippen LogP contribution in [0.15, 0.2) is 0 Å². The molecule has 3 heteroatoms. The standard InChI is InChI=1S/C15H33N3/c1-14(2)9-6-10-15(3,4)18(14)13(8-12-17)7-5-11-16/h13H,5-12,16-17H2,1-4H3. The van der Waals surface area contributed by atoms with Crippen molar-refractivity contribution in [3.8, 4) is 0 Å². The van der Waals surface area contributed by atoms with Crippen molar-refractivity contribution in [3.05, 3.63) is 0 Å². The second-order valence-electron chi connectivity index (χ2n) is 7.01. The van der Waals surface area contributed by atoms with Crippen molar-refractivity contribution in [3.63, 3.8) is 0 Å². The Hall–Kier alpha value is -0.120. The van der Waals surface area contributed by atoms with Gasteiger partial charge in [0, 0.05) is 17.1 Å². The Morgan fingerprint density at radius 2 is 1.50 bits per heavy atom. The van der Waals surface area contributed by atoms with E-state index in [9.17, 15) is 0 Å². The van der Waals surface area contributed by atoms with E-state index in [1.807, 2.05) is 0 Å². The van der Waals surface area contributed by atoms with Gasteiger partial charge >= 0.3 is 0 Å². The van der Waals surface area contributed by atoms with Crippen molar-refractivity contribution in [2.24, 2.45) is 11.5 Å². The van der Waals surface area contributed by atoms with Crippen LogP contribution in [-0.4, -0.2) is 35.1 Å². The summed E-state index contributed by atoms with van der Waals surface area (Å²) in [6.45, 7) is 11.1. The third-order valence-corrected chi connectivity index (χ3v) is 4.49. The van der Waals surface area contributed by atoms with Gasteiger partial charge in [-0.05, 0) is 79.3 Å². The first kappa shape index (κ1) is 15.9. The van der Waals surface area contributed by atoms with Crippen LogP contribution in [0.5, 0.6) is 0 Å². The predicted octanol–water partition coefficient (Wildman–Crippen LogP) is 2.49. The molecular formula is C15H33N3. The summed E-state index contributed by atoms with van der Waals surface area (Å²) in [4.78, 5) is 2.74. The van der Waals surface area contributed by atoms with E-state index in [-0.39, 0.29) is 11.1 Å². The Morgan fingerprint density at radius 3 is 1.94 bits per heavy atom. The fraction of sp³-hybridized carbons (Fsp3) is 1.00. The smallest absolute Gasteiger partial charge is 0.0161 e. The SMILES string of the molecule is CC1(C)CCCC(C)(C)N1C(CCN)CCCN. The molecule has 1 aliphatic rings. The summed E-state index contributed by atoms with van der Waals surface area (Å²) in [5.41, 5.74) is 12.1. The summed E-state index contributed by atoms with van der Waals surface area (Å²) in [7, 11) is 0. The molecular weight excluding hydrogens is 222 g/mol. The van der Waals surface area contributed by atoms with E-state index in [4.69, 9.17) is 11.5 Å². The quantitative estimate of drug-likeness (QED) is 0.766. The molecule has 0 amide bonds. The minimum atomic E-state index is 0.288.